The zero-order chi connectivity index (χ0) is 28.0. The Bertz CT molecular complexity index is 1050. The number of nitrogens with zero attached hydrogens (tertiary/aromatic N) is 2. The lowest BCUT2D eigenvalue weighted by molar-refractivity contribution is -0.192. The van der Waals surface area contributed by atoms with Crippen LogP contribution in [-0.4, -0.2) is 59.6 Å². The van der Waals surface area contributed by atoms with Crippen LogP contribution < -0.4 is 0 Å². The van der Waals surface area contributed by atoms with Gasteiger partial charge >= 0.3 is 18.3 Å². The van der Waals surface area contributed by atoms with Crippen LogP contribution in [0.4, 0.5) is 30.7 Å². The highest BCUT2D eigenvalue weighted by Gasteiger charge is 2.55. The maximum absolute atomic E-state index is 15.0. The molecule has 5 nitrogen and oxygen atoms in total. The molecule has 1 aromatic carbocycles. The minimum absolute atomic E-state index is 0.0361. The summed E-state index contributed by atoms with van der Waals surface area (Å²) >= 11 is 0. The molecule has 0 spiro atoms. The Kier molecular flexibility index (Phi) is 7.77. The number of fused-ring (bicyclic) bond motifs is 1. The van der Waals surface area contributed by atoms with E-state index in [9.17, 15) is 35.9 Å². The first-order valence-corrected chi connectivity index (χ1v) is 12.8. The van der Waals surface area contributed by atoms with Crippen molar-refractivity contribution in [1.29, 1.82) is 0 Å². The Morgan fingerprint density at radius 1 is 1.05 bits per heavy atom. The van der Waals surface area contributed by atoms with Crippen LogP contribution in [0, 0.1) is 11.3 Å². The molecule has 0 N–H and O–H groups in total. The Morgan fingerprint density at radius 3 is 2.29 bits per heavy atom. The fraction of sp³-hybridized carbons (Fsp3) is 0.692. The maximum Gasteiger partial charge on any atom is 0.471 e. The van der Waals surface area contributed by atoms with Crippen molar-refractivity contribution in [2.75, 3.05) is 19.8 Å². The summed E-state index contributed by atoms with van der Waals surface area (Å²) in [7, 11) is 0. The molecule has 4 rings (SSSR count). The summed E-state index contributed by atoms with van der Waals surface area (Å²) in [6, 6.07) is 1.20. The molecular formula is C26H31F7N2O3. The van der Waals surface area contributed by atoms with Gasteiger partial charge in [0.15, 0.2) is 0 Å². The van der Waals surface area contributed by atoms with Gasteiger partial charge in [-0.2, -0.15) is 26.3 Å². The van der Waals surface area contributed by atoms with Crippen molar-refractivity contribution in [1.82, 2.24) is 9.80 Å². The average Bonchev–Trinajstić information content (AvgIpc) is 3.29. The summed E-state index contributed by atoms with van der Waals surface area (Å²) in [4.78, 5) is 28.5. The number of rotatable bonds is 4. The summed E-state index contributed by atoms with van der Waals surface area (Å²) < 4.78 is 101. The van der Waals surface area contributed by atoms with E-state index in [2.05, 4.69) is 0 Å². The minimum Gasteiger partial charge on any atom is -0.381 e. The fourth-order valence-electron chi connectivity index (χ4n) is 6.25. The topological polar surface area (TPSA) is 49.9 Å². The smallest absolute Gasteiger partial charge is 0.381 e. The molecule has 0 bridgehead atoms. The van der Waals surface area contributed by atoms with E-state index in [1.54, 1.807) is 13.8 Å². The second-order valence-corrected chi connectivity index (χ2v) is 10.8. The molecule has 212 valence electrons. The van der Waals surface area contributed by atoms with Crippen LogP contribution in [0.15, 0.2) is 18.2 Å². The van der Waals surface area contributed by atoms with E-state index in [0.29, 0.717) is 0 Å². The molecule has 2 fully saturated rings. The molecule has 0 radical (unpaired) electrons. The number of hydrogen-bond donors (Lipinski definition) is 0. The van der Waals surface area contributed by atoms with Crippen molar-refractivity contribution in [2.45, 2.75) is 83.1 Å². The van der Waals surface area contributed by atoms with Gasteiger partial charge in [0.25, 0.3) is 0 Å². The number of carbonyl (C=O) groups is 2. The van der Waals surface area contributed by atoms with Gasteiger partial charge in [0.2, 0.25) is 5.91 Å². The van der Waals surface area contributed by atoms with Gasteiger partial charge in [0.05, 0.1) is 17.5 Å². The van der Waals surface area contributed by atoms with Crippen LogP contribution in [0.3, 0.4) is 0 Å². The van der Waals surface area contributed by atoms with Gasteiger partial charge in [-0.3, -0.25) is 9.59 Å². The van der Waals surface area contributed by atoms with Gasteiger partial charge in [-0.15, -0.1) is 0 Å². The van der Waals surface area contributed by atoms with Crippen molar-refractivity contribution in [3.63, 3.8) is 0 Å². The largest absolute Gasteiger partial charge is 0.471 e. The first-order valence-electron chi connectivity index (χ1n) is 12.8. The Hall–Kier alpha value is -2.37. The number of amides is 2. The fourth-order valence-corrected chi connectivity index (χ4v) is 6.25. The Morgan fingerprint density at radius 2 is 1.71 bits per heavy atom. The molecule has 2 amide bonds. The molecule has 1 saturated carbocycles. The van der Waals surface area contributed by atoms with Crippen molar-refractivity contribution in [3.05, 3.63) is 34.9 Å². The molecule has 1 aliphatic carbocycles. The minimum atomic E-state index is -5.08. The van der Waals surface area contributed by atoms with Crippen LogP contribution in [0.1, 0.15) is 68.8 Å². The molecule has 3 atom stereocenters. The molecular weight excluding hydrogens is 521 g/mol. The molecule has 0 unspecified atom stereocenters. The van der Waals surface area contributed by atoms with E-state index in [4.69, 9.17) is 4.74 Å². The van der Waals surface area contributed by atoms with Gasteiger partial charge in [-0.25, -0.2) is 4.39 Å². The number of benzene rings is 1. The van der Waals surface area contributed by atoms with Gasteiger partial charge in [-0.05, 0) is 61.3 Å². The summed E-state index contributed by atoms with van der Waals surface area (Å²) in [6.45, 7) is 3.34. The third-order valence-electron chi connectivity index (χ3n) is 8.35. The van der Waals surface area contributed by atoms with E-state index in [0.717, 1.165) is 23.1 Å². The van der Waals surface area contributed by atoms with Crippen molar-refractivity contribution < 1.29 is 45.1 Å². The van der Waals surface area contributed by atoms with Gasteiger partial charge in [0, 0.05) is 31.8 Å². The highest BCUT2D eigenvalue weighted by atomic mass is 19.4. The third kappa shape index (κ3) is 5.37. The standard InChI is InChI=1S/C26H31F7N2O3/c1-15(2)24(8-5-19(12-24)35(23(37)26(31,32)33)18-6-9-38-10-7-18)22(36)34-13-16-11-17(25(28,29)30)3-4-20(16)21(27)14-34/h3-4,11,15,18-19,21H,5-10,12-14H2,1-2H3/t19-,21+,24+/m1/s1. The van der Waals surface area contributed by atoms with E-state index < -0.39 is 53.4 Å². The van der Waals surface area contributed by atoms with E-state index in [1.165, 1.54) is 4.90 Å². The summed E-state index contributed by atoms with van der Waals surface area (Å²) in [5.41, 5.74) is -1.99. The number of ether oxygens (including phenoxy) is 1. The van der Waals surface area contributed by atoms with Crippen LogP contribution in [0.2, 0.25) is 0 Å². The number of alkyl halides is 7. The highest BCUT2D eigenvalue weighted by Crippen LogP contribution is 2.49. The summed E-state index contributed by atoms with van der Waals surface area (Å²) in [6.07, 6.45) is -10.6. The predicted octanol–water partition coefficient (Wildman–Crippen LogP) is 5.82. The predicted molar refractivity (Wildman–Crippen MR) is 122 cm³/mol. The van der Waals surface area contributed by atoms with Crippen LogP contribution >= 0.6 is 0 Å². The molecule has 1 saturated heterocycles. The van der Waals surface area contributed by atoms with Crippen molar-refractivity contribution in [3.8, 4) is 0 Å². The number of halogens is 7. The van der Waals surface area contributed by atoms with E-state index in [1.807, 2.05) is 0 Å². The molecule has 0 aromatic heterocycles. The second-order valence-electron chi connectivity index (χ2n) is 10.8. The monoisotopic (exact) mass is 552 g/mol. The van der Waals surface area contributed by atoms with E-state index in [-0.39, 0.29) is 75.5 Å². The van der Waals surface area contributed by atoms with E-state index >= 15 is 4.39 Å². The molecule has 1 aromatic rings. The van der Waals surface area contributed by atoms with Crippen LogP contribution in [-0.2, 0) is 27.0 Å². The zero-order valence-corrected chi connectivity index (χ0v) is 21.2. The number of hydrogen-bond acceptors (Lipinski definition) is 3. The molecule has 3 aliphatic rings. The number of carbonyl (C=O) groups excluding carboxylic acids is 2. The molecule has 2 aliphatic heterocycles. The highest BCUT2D eigenvalue weighted by molar-refractivity contribution is 5.85. The molecule has 2 heterocycles. The average molecular weight is 553 g/mol. The normalized spacial score (nSPS) is 26.9. The van der Waals surface area contributed by atoms with Crippen molar-refractivity contribution >= 4 is 11.8 Å². The van der Waals surface area contributed by atoms with Gasteiger partial charge in [-0.1, -0.05) is 19.9 Å². The second kappa shape index (κ2) is 10.3. The lowest BCUT2D eigenvalue weighted by Gasteiger charge is -2.42. The first kappa shape index (κ1) is 28.6. The Balaban J connectivity index is 1.61. The molecule has 12 heteroatoms. The summed E-state index contributed by atoms with van der Waals surface area (Å²) in [5, 5.41) is 0. The third-order valence-corrected chi connectivity index (χ3v) is 8.35. The van der Waals surface area contributed by atoms with Gasteiger partial charge < -0.3 is 14.5 Å². The lowest BCUT2D eigenvalue weighted by Crippen LogP contribution is -2.54. The summed E-state index contributed by atoms with van der Waals surface area (Å²) in [5.74, 6) is -2.82. The quantitative estimate of drug-likeness (QED) is 0.443. The van der Waals surface area contributed by atoms with Crippen LogP contribution in [0.5, 0.6) is 0 Å². The van der Waals surface area contributed by atoms with Gasteiger partial charge in [0.1, 0.15) is 6.17 Å². The first-order chi connectivity index (χ1) is 17.6. The van der Waals surface area contributed by atoms with Crippen molar-refractivity contribution in [2.24, 2.45) is 11.3 Å². The Labute approximate surface area is 216 Å². The SMILES string of the molecule is CC(C)[C@]1(C(=O)N2Cc3cc(C(F)(F)F)ccc3[C@@H](F)C2)CC[C@@H](N(C(=O)C(F)(F)F)C2CCOCC2)C1. The zero-order valence-electron chi connectivity index (χ0n) is 21.2. The lowest BCUT2D eigenvalue weighted by atomic mass is 9.73. The maximum atomic E-state index is 15.0. The van der Waals surface area contributed by atoms with Crippen LogP contribution in [0.25, 0.3) is 0 Å². The molecule has 38 heavy (non-hydrogen) atoms.